The molecular formula is C15H18N4O2S. The smallest absolute Gasteiger partial charge is 0.413 e. The first kappa shape index (κ1) is 14.9. The van der Waals surface area contributed by atoms with Crippen molar-refractivity contribution in [1.29, 1.82) is 0 Å². The molecule has 0 aromatic carbocycles. The summed E-state index contributed by atoms with van der Waals surface area (Å²) < 4.78 is 4.88. The van der Waals surface area contributed by atoms with Crippen molar-refractivity contribution in [3.8, 4) is 0 Å². The minimum absolute atomic E-state index is 0.356. The van der Waals surface area contributed by atoms with E-state index in [4.69, 9.17) is 4.74 Å². The van der Waals surface area contributed by atoms with E-state index in [0.717, 1.165) is 37.4 Å². The third-order valence-electron chi connectivity index (χ3n) is 3.41. The van der Waals surface area contributed by atoms with E-state index in [9.17, 15) is 4.79 Å². The van der Waals surface area contributed by atoms with Crippen LogP contribution in [0.5, 0.6) is 0 Å². The Morgan fingerprint density at radius 1 is 1.50 bits per heavy atom. The Kier molecular flexibility index (Phi) is 4.65. The summed E-state index contributed by atoms with van der Waals surface area (Å²) in [6.45, 7) is 4.76. The Morgan fingerprint density at radius 3 is 3.18 bits per heavy atom. The van der Waals surface area contributed by atoms with Crippen LogP contribution in [0.3, 0.4) is 0 Å². The van der Waals surface area contributed by atoms with Crippen LogP contribution in [0.25, 0.3) is 0 Å². The maximum Gasteiger partial charge on any atom is 0.413 e. The van der Waals surface area contributed by atoms with Crippen LogP contribution in [-0.4, -0.2) is 34.1 Å². The average molecular weight is 318 g/mol. The minimum atomic E-state index is -0.445. The molecule has 6 nitrogen and oxygen atoms in total. The number of amides is 1. The topological polar surface area (TPSA) is 67.3 Å². The van der Waals surface area contributed by atoms with Crippen LogP contribution < -0.4 is 5.32 Å². The molecule has 0 bridgehead atoms. The van der Waals surface area contributed by atoms with Gasteiger partial charge in [0.25, 0.3) is 0 Å². The Balaban J connectivity index is 1.63. The molecular weight excluding hydrogens is 300 g/mol. The molecule has 22 heavy (non-hydrogen) atoms. The van der Waals surface area contributed by atoms with Crippen LogP contribution in [0.4, 0.5) is 9.93 Å². The molecule has 0 fully saturated rings. The molecule has 2 aromatic rings. The number of thiazole rings is 1. The Hall–Kier alpha value is -1.99. The molecule has 0 unspecified atom stereocenters. The van der Waals surface area contributed by atoms with Crippen LogP contribution in [0, 0.1) is 0 Å². The van der Waals surface area contributed by atoms with Crippen molar-refractivity contribution in [1.82, 2.24) is 14.9 Å². The fourth-order valence-corrected chi connectivity index (χ4v) is 3.45. The van der Waals surface area contributed by atoms with Gasteiger partial charge in [0.05, 0.1) is 18.0 Å². The number of nitrogens with zero attached hydrogens (tertiary/aromatic N) is 3. The Bertz CT molecular complexity index is 644. The van der Waals surface area contributed by atoms with Gasteiger partial charge < -0.3 is 4.74 Å². The van der Waals surface area contributed by atoms with Gasteiger partial charge in [-0.25, -0.2) is 9.78 Å². The van der Waals surface area contributed by atoms with Crippen molar-refractivity contribution in [2.24, 2.45) is 0 Å². The molecule has 116 valence electrons. The van der Waals surface area contributed by atoms with Gasteiger partial charge in [-0.3, -0.25) is 15.2 Å². The molecule has 1 amide bonds. The second-order valence-electron chi connectivity index (χ2n) is 5.02. The number of hydrogen-bond donors (Lipinski definition) is 1. The summed E-state index contributed by atoms with van der Waals surface area (Å²) in [6, 6.07) is 5.97. The molecule has 2 aromatic heterocycles. The number of rotatable bonds is 4. The molecule has 0 spiro atoms. The highest BCUT2D eigenvalue weighted by atomic mass is 32.1. The van der Waals surface area contributed by atoms with Crippen molar-refractivity contribution in [2.45, 2.75) is 26.4 Å². The fourth-order valence-electron chi connectivity index (χ4n) is 2.41. The van der Waals surface area contributed by atoms with Crippen LogP contribution in [0.2, 0.25) is 0 Å². The third kappa shape index (κ3) is 3.61. The predicted molar refractivity (Wildman–Crippen MR) is 84.8 cm³/mol. The van der Waals surface area contributed by atoms with Crippen molar-refractivity contribution in [2.75, 3.05) is 18.5 Å². The van der Waals surface area contributed by atoms with E-state index in [2.05, 4.69) is 20.2 Å². The van der Waals surface area contributed by atoms with Gasteiger partial charge in [-0.05, 0) is 19.1 Å². The standard InChI is InChI=1S/C15H18N4O2S/c1-2-21-15(20)18-14-17-12-6-8-19(10-13(12)22-14)9-11-5-3-4-7-16-11/h3-5,7H,2,6,8-10H2,1H3,(H,17,18,20). The summed E-state index contributed by atoms with van der Waals surface area (Å²) in [5.74, 6) is 0. The summed E-state index contributed by atoms with van der Waals surface area (Å²) in [7, 11) is 0. The number of aromatic nitrogens is 2. The van der Waals surface area contributed by atoms with E-state index in [1.54, 1.807) is 6.92 Å². The lowest BCUT2D eigenvalue weighted by Gasteiger charge is -2.25. The van der Waals surface area contributed by atoms with Gasteiger partial charge in [-0.1, -0.05) is 17.4 Å². The highest BCUT2D eigenvalue weighted by Gasteiger charge is 2.21. The SMILES string of the molecule is CCOC(=O)Nc1nc2c(s1)CN(Cc1ccccn1)CC2. The molecule has 3 heterocycles. The van der Waals surface area contributed by atoms with Gasteiger partial charge in [-0.2, -0.15) is 0 Å². The Labute approximate surface area is 133 Å². The second kappa shape index (κ2) is 6.85. The summed E-state index contributed by atoms with van der Waals surface area (Å²) in [5, 5.41) is 3.29. The zero-order valence-electron chi connectivity index (χ0n) is 12.4. The van der Waals surface area contributed by atoms with Crippen LogP contribution in [0.1, 0.15) is 23.2 Å². The number of hydrogen-bond acceptors (Lipinski definition) is 6. The average Bonchev–Trinajstić information content (AvgIpc) is 2.90. The lowest BCUT2D eigenvalue weighted by Crippen LogP contribution is -2.29. The maximum atomic E-state index is 11.4. The number of fused-ring (bicyclic) bond motifs is 1. The first-order valence-corrected chi connectivity index (χ1v) is 8.11. The van der Waals surface area contributed by atoms with Gasteiger partial charge in [0.2, 0.25) is 0 Å². The van der Waals surface area contributed by atoms with E-state index in [1.165, 1.54) is 16.2 Å². The van der Waals surface area contributed by atoms with Crippen molar-refractivity contribution < 1.29 is 9.53 Å². The summed E-state index contributed by atoms with van der Waals surface area (Å²) >= 11 is 1.52. The van der Waals surface area contributed by atoms with Crippen molar-refractivity contribution >= 4 is 22.6 Å². The van der Waals surface area contributed by atoms with Crippen molar-refractivity contribution in [3.05, 3.63) is 40.7 Å². The first-order chi connectivity index (χ1) is 10.7. The molecule has 1 aliphatic heterocycles. The van der Waals surface area contributed by atoms with Gasteiger partial charge in [-0.15, -0.1) is 0 Å². The van der Waals surface area contributed by atoms with E-state index >= 15 is 0 Å². The Morgan fingerprint density at radius 2 is 2.41 bits per heavy atom. The molecule has 1 aliphatic rings. The fraction of sp³-hybridized carbons (Fsp3) is 0.400. The molecule has 0 radical (unpaired) electrons. The monoisotopic (exact) mass is 318 g/mol. The van der Waals surface area contributed by atoms with Gasteiger partial charge in [0.1, 0.15) is 0 Å². The molecule has 1 N–H and O–H groups in total. The number of nitrogens with one attached hydrogen (secondary N) is 1. The maximum absolute atomic E-state index is 11.4. The molecule has 0 saturated carbocycles. The molecule has 0 aliphatic carbocycles. The van der Waals surface area contributed by atoms with E-state index in [0.29, 0.717) is 11.7 Å². The third-order valence-corrected chi connectivity index (χ3v) is 4.40. The molecule has 7 heteroatoms. The van der Waals surface area contributed by atoms with Crippen LogP contribution in [0.15, 0.2) is 24.4 Å². The largest absolute Gasteiger partial charge is 0.450 e. The number of ether oxygens (including phenoxy) is 1. The first-order valence-electron chi connectivity index (χ1n) is 7.29. The van der Waals surface area contributed by atoms with Gasteiger partial charge in [0, 0.05) is 37.1 Å². The number of anilines is 1. The second-order valence-corrected chi connectivity index (χ2v) is 6.10. The zero-order chi connectivity index (χ0) is 15.4. The van der Waals surface area contributed by atoms with Gasteiger partial charge >= 0.3 is 6.09 Å². The van der Waals surface area contributed by atoms with Gasteiger partial charge in [0.15, 0.2) is 5.13 Å². The van der Waals surface area contributed by atoms with Crippen LogP contribution >= 0.6 is 11.3 Å². The van der Waals surface area contributed by atoms with Crippen molar-refractivity contribution in [3.63, 3.8) is 0 Å². The summed E-state index contributed by atoms with van der Waals surface area (Å²) in [6.07, 6.45) is 2.26. The quantitative estimate of drug-likeness (QED) is 0.938. The highest BCUT2D eigenvalue weighted by Crippen LogP contribution is 2.28. The molecule has 0 atom stereocenters. The molecule has 3 rings (SSSR count). The lowest BCUT2D eigenvalue weighted by atomic mass is 10.1. The predicted octanol–water partition coefficient (Wildman–Crippen LogP) is 2.66. The number of pyridine rings is 1. The normalized spacial score (nSPS) is 14.4. The zero-order valence-corrected chi connectivity index (χ0v) is 13.2. The molecule has 0 saturated heterocycles. The lowest BCUT2D eigenvalue weighted by molar-refractivity contribution is 0.168. The van der Waals surface area contributed by atoms with Crippen LogP contribution in [-0.2, 0) is 24.2 Å². The minimum Gasteiger partial charge on any atom is -0.450 e. The summed E-state index contributed by atoms with van der Waals surface area (Å²) in [5.41, 5.74) is 2.15. The van der Waals surface area contributed by atoms with E-state index in [1.807, 2.05) is 24.4 Å². The summed E-state index contributed by atoms with van der Waals surface area (Å²) in [4.78, 5) is 23.8. The number of carbonyl (C=O) groups excluding carboxylic acids is 1. The van der Waals surface area contributed by atoms with E-state index in [-0.39, 0.29) is 0 Å². The highest BCUT2D eigenvalue weighted by molar-refractivity contribution is 7.15. The van der Waals surface area contributed by atoms with E-state index < -0.39 is 6.09 Å². The number of carbonyl (C=O) groups is 1.